The summed E-state index contributed by atoms with van der Waals surface area (Å²) in [6.07, 6.45) is -0.289. The number of alkyl halides is 3. The summed E-state index contributed by atoms with van der Waals surface area (Å²) in [6, 6.07) is 9.55. The van der Waals surface area contributed by atoms with Gasteiger partial charge >= 0.3 is 6.18 Å². The smallest absolute Gasteiger partial charge is 0.397 e. The molecule has 1 fully saturated rings. The molecule has 0 spiro atoms. The number of nitrogens with two attached hydrogens (primary N) is 1. The van der Waals surface area contributed by atoms with Crippen molar-refractivity contribution in [3.8, 4) is 0 Å². The quantitative estimate of drug-likeness (QED) is 0.525. The number of aliphatic hydroxyl groups excluding tert-OH is 1. The summed E-state index contributed by atoms with van der Waals surface area (Å²) >= 11 is 0. The third-order valence-electron chi connectivity index (χ3n) is 6.23. The molecule has 2 aromatic heterocycles. The van der Waals surface area contributed by atoms with Crippen LogP contribution in [0.4, 0.5) is 18.9 Å². The van der Waals surface area contributed by atoms with E-state index >= 15 is 0 Å². The van der Waals surface area contributed by atoms with Crippen molar-refractivity contribution >= 4 is 22.5 Å². The van der Waals surface area contributed by atoms with Gasteiger partial charge in [-0.15, -0.1) is 0 Å². The predicted octanol–water partition coefficient (Wildman–Crippen LogP) is 4.43. The number of nitrogen functional groups attached to an aromatic ring is 1. The first-order chi connectivity index (χ1) is 15.5. The monoisotopic (exact) mass is 458 g/mol. The molecule has 0 aliphatic heterocycles. The van der Waals surface area contributed by atoms with E-state index in [2.05, 4.69) is 15.3 Å². The van der Waals surface area contributed by atoms with E-state index in [1.165, 1.54) is 0 Å². The van der Waals surface area contributed by atoms with Crippen LogP contribution < -0.4 is 11.1 Å². The minimum absolute atomic E-state index is 0.0644. The minimum atomic E-state index is -4.58. The molecule has 1 aromatic carbocycles. The molecule has 3 atom stereocenters. The van der Waals surface area contributed by atoms with Gasteiger partial charge < -0.3 is 16.2 Å². The fourth-order valence-corrected chi connectivity index (χ4v) is 4.66. The maximum Gasteiger partial charge on any atom is 0.417 e. The highest BCUT2D eigenvalue weighted by molar-refractivity contribution is 5.98. The van der Waals surface area contributed by atoms with Crippen LogP contribution in [0.25, 0.3) is 10.9 Å². The number of anilines is 1. The third kappa shape index (κ3) is 4.93. The lowest BCUT2D eigenvalue weighted by Gasteiger charge is -2.34. The number of fused-ring (bicyclic) bond motifs is 1. The highest BCUT2D eigenvalue weighted by Gasteiger charge is 2.39. The molecule has 0 radical (unpaired) electrons. The number of hydrogen-bond donors (Lipinski definition) is 3. The van der Waals surface area contributed by atoms with Crippen LogP contribution in [0.5, 0.6) is 0 Å². The molecule has 9 heteroatoms. The zero-order chi connectivity index (χ0) is 23.8. The first-order valence-corrected chi connectivity index (χ1v) is 10.7. The molecule has 1 aliphatic carbocycles. The summed E-state index contributed by atoms with van der Waals surface area (Å²) in [5.41, 5.74) is 5.10. The number of carbonyl (C=O) groups is 1. The summed E-state index contributed by atoms with van der Waals surface area (Å²) < 4.78 is 39.4. The van der Waals surface area contributed by atoms with E-state index in [1.54, 1.807) is 37.4 Å². The van der Waals surface area contributed by atoms with Crippen LogP contribution in [0.2, 0.25) is 0 Å². The molecule has 3 unspecified atom stereocenters. The molecule has 0 saturated heterocycles. The SMILES string of the molecule is CC(CC1CCC(O)C1)(NC(=O)c1ccc2ncccc2c1)c1ncc(C(F)(F)F)cc1N. The van der Waals surface area contributed by atoms with Gasteiger partial charge in [0.1, 0.15) is 0 Å². The van der Waals surface area contributed by atoms with E-state index < -0.39 is 29.3 Å². The van der Waals surface area contributed by atoms with Crippen LogP contribution in [-0.2, 0) is 11.7 Å². The predicted molar refractivity (Wildman–Crippen MR) is 118 cm³/mol. The molecular weight excluding hydrogens is 433 g/mol. The van der Waals surface area contributed by atoms with Crippen LogP contribution in [0.3, 0.4) is 0 Å². The van der Waals surface area contributed by atoms with Crippen LogP contribution in [0.1, 0.15) is 54.2 Å². The molecule has 4 rings (SSSR count). The molecule has 2 heterocycles. The normalized spacial score (nSPS) is 20.5. The third-order valence-corrected chi connectivity index (χ3v) is 6.23. The van der Waals surface area contributed by atoms with Gasteiger partial charge in [0, 0.05) is 23.3 Å². The maximum atomic E-state index is 13.2. The highest BCUT2D eigenvalue weighted by atomic mass is 19.4. The van der Waals surface area contributed by atoms with Crippen molar-refractivity contribution in [1.82, 2.24) is 15.3 Å². The number of hydrogen-bond acceptors (Lipinski definition) is 5. The number of aromatic nitrogens is 2. The van der Waals surface area contributed by atoms with Gasteiger partial charge in [-0.05, 0) is 68.9 Å². The number of rotatable bonds is 5. The molecule has 174 valence electrons. The Morgan fingerprint density at radius 3 is 2.67 bits per heavy atom. The largest absolute Gasteiger partial charge is 0.417 e. The van der Waals surface area contributed by atoms with Gasteiger partial charge in [0.15, 0.2) is 0 Å². The summed E-state index contributed by atoms with van der Waals surface area (Å²) in [5.74, 6) is -0.336. The lowest BCUT2D eigenvalue weighted by Crippen LogP contribution is -2.46. The fourth-order valence-electron chi connectivity index (χ4n) is 4.66. The standard InChI is InChI=1S/C24H25F3N4O2/c1-23(12-14-4-6-18(32)9-14,21-19(28)11-17(13-30-21)24(25,26)27)31-22(33)16-5-7-20-15(10-16)3-2-8-29-20/h2-3,5,7-8,10-11,13-14,18,32H,4,6,9,12,28H2,1H3,(H,31,33). The Bertz CT molecular complexity index is 1180. The summed E-state index contributed by atoms with van der Waals surface area (Å²) in [5, 5.41) is 13.7. The minimum Gasteiger partial charge on any atom is -0.397 e. The van der Waals surface area contributed by atoms with E-state index in [1.807, 2.05) is 6.07 Å². The first kappa shape index (κ1) is 23.0. The number of nitrogens with zero attached hydrogens (tertiary/aromatic N) is 2. The Kier molecular flexibility index (Phi) is 6.00. The number of pyridine rings is 2. The van der Waals surface area contributed by atoms with Gasteiger partial charge in [0.05, 0.1) is 34.1 Å². The molecule has 1 amide bonds. The van der Waals surface area contributed by atoms with Crippen molar-refractivity contribution in [2.45, 2.75) is 50.4 Å². The molecule has 1 aliphatic rings. The van der Waals surface area contributed by atoms with Crippen molar-refractivity contribution in [2.75, 3.05) is 5.73 Å². The van der Waals surface area contributed by atoms with Crippen molar-refractivity contribution < 1.29 is 23.1 Å². The molecular formula is C24H25F3N4O2. The second kappa shape index (κ2) is 8.62. The second-order valence-corrected chi connectivity index (χ2v) is 8.89. The van der Waals surface area contributed by atoms with Gasteiger partial charge in [0.25, 0.3) is 5.91 Å². The molecule has 0 bridgehead atoms. The van der Waals surface area contributed by atoms with Gasteiger partial charge in [-0.25, -0.2) is 0 Å². The van der Waals surface area contributed by atoms with Crippen molar-refractivity contribution in [3.05, 3.63) is 65.6 Å². The summed E-state index contributed by atoms with van der Waals surface area (Å²) in [7, 11) is 0. The number of amides is 1. The number of halogens is 3. The zero-order valence-electron chi connectivity index (χ0n) is 18.1. The Labute approximate surface area is 189 Å². The summed E-state index contributed by atoms with van der Waals surface area (Å²) in [6.45, 7) is 1.71. The van der Waals surface area contributed by atoms with Crippen LogP contribution in [0, 0.1) is 5.92 Å². The Morgan fingerprint density at radius 2 is 2.00 bits per heavy atom. The Hall–Kier alpha value is -3.20. The average molecular weight is 458 g/mol. The lowest BCUT2D eigenvalue weighted by molar-refractivity contribution is -0.137. The van der Waals surface area contributed by atoms with E-state index in [4.69, 9.17) is 5.73 Å². The Balaban J connectivity index is 1.68. The topological polar surface area (TPSA) is 101 Å². The van der Waals surface area contributed by atoms with E-state index in [9.17, 15) is 23.1 Å². The number of nitrogens with one attached hydrogen (secondary N) is 1. The molecule has 4 N–H and O–H groups in total. The van der Waals surface area contributed by atoms with Gasteiger partial charge in [-0.3, -0.25) is 14.8 Å². The van der Waals surface area contributed by atoms with Crippen LogP contribution in [-0.4, -0.2) is 27.1 Å². The van der Waals surface area contributed by atoms with Crippen molar-refractivity contribution in [1.29, 1.82) is 0 Å². The van der Waals surface area contributed by atoms with Crippen LogP contribution in [0.15, 0.2) is 48.8 Å². The lowest BCUT2D eigenvalue weighted by atomic mass is 9.83. The first-order valence-electron chi connectivity index (χ1n) is 10.7. The highest BCUT2D eigenvalue weighted by Crippen LogP contribution is 2.39. The summed E-state index contributed by atoms with van der Waals surface area (Å²) in [4.78, 5) is 21.5. The van der Waals surface area contributed by atoms with E-state index in [0.717, 1.165) is 29.6 Å². The number of carbonyl (C=O) groups excluding carboxylic acids is 1. The van der Waals surface area contributed by atoms with Gasteiger partial charge in [0.2, 0.25) is 0 Å². The average Bonchev–Trinajstić information content (AvgIpc) is 3.16. The van der Waals surface area contributed by atoms with E-state index in [-0.39, 0.29) is 17.3 Å². The molecule has 3 aromatic rings. The molecule has 33 heavy (non-hydrogen) atoms. The van der Waals surface area contributed by atoms with Gasteiger partial charge in [-0.2, -0.15) is 13.2 Å². The molecule has 1 saturated carbocycles. The number of benzene rings is 1. The van der Waals surface area contributed by atoms with Gasteiger partial charge in [-0.1, -0.05) is 6.07 Å². The van der Waals surface area contributed by atoms with E-state index in [0.29, 0.717) is 24.8 Å². The van der Waals surface area contributed by atoms with Crippen molar-refractivity contribution in [3.63, 3.8) is 0 Å². The van der Waals surface area contributed by atoms with Crippen LogP contribution >= 0.6 is 0 Å². The molecule has 6 nitrogen and oxygen atoms in total. The zero-order valence-corrected chi connectivity index (χ0v) is 18.1. The maximum absolute atomic E-state index is 13.2. The number of aliphatic hydroxyl groups is 1. The Morgan fingerprint density at radius 1 is 1.21 bits per heavy atom. The fraction of sp³-hybridized carbons (Fsp3) is 0.375. The van der Waals surface area contributed by atoms with Crippen molar-refractivity contribution in [2.24, 2.45) is 5.92 Å². The second-order valence-electron chi connectivity index (χ2n) is 8.89.